The third-order valence-corrected chi connectivity index (χ3v) is 3.14. The molecular weight excluding hydrogens is 204 g/mol. The number of nitrogens with one attached hydrogen (secondary N) is 1. The fraction of sp³-hybridized carbons (Fsp3) is 0.833. The van der Waals surface area contributed by atoms with Crippen LogP contribution in [0.4, 0.5) is 0 Å². The molecule has 1 aliphatic heterocycles. The predicted octanol–water partition coefficient (Wildman–Crippen LogP) is 1.16. The number of likely N-dealkylation sites (N-methyl/N-ethyl adjacent to an activating group) is 1. The summed E-state index contributed by atoms with van der Waals surface area (Å²) < 4.78 is 0. The number of carbonyl (C=O) groups excluding carboxylic acids is 2. The van der Waals surface area contributed by atoms with Crippen LogP contribution in [0.3, 0.4) is 0 Å². The summed E-state index contributed by atoms with van der Waals surface area (Å²) in [7, 11) is 1.79. The summed E-state index contributed by atoms with van der Waals surface area (Å²) in [6.07, 6.45) is 3.27. The molecule has 1 saturated heterocycles. The minimum absolute atomic E-state index is 0.0768. The summed E-state index contributed by atoms with van der Waals surface area (Å²) in [5.74, 6) is 0.370. The number of amides is 2. The molecular formula is C12H22N2O2. The quantitative estimate of drug-likeness (QED) is 0.782. The van der Waals surface area contributed by atoms with Gasteiger partial charge in [-0.3, -0.25) is 9.59 Å². The van der Waals surface area contributed by atoms with Gasteiger partial charge in [-0.05, 0) is 12.8 Å². The number of rotatable bonds is 4. The number of nitrogens with zero attached hydrogens (tertiary/aromatic N) is 1. The van der Waals surface area contributed by atoms with Crippen LogP contribution in [0.2, 0.25) is 0 Å². The van der Waals surface area contributed by atoms with E-state index < -0.39 is 0 Å². The molecule has 0 aromatic carbocycles. The van der Waals surface area contributed by atoms with Crippen LogP contribution < -0.4 is 5.32 Å². The van der Waals surface area contributed by atoms with E-state index in [0.717, 1.165) is 19.3 Å². The van der Waals surface area contributed by atoms with Crippen LogP contribution in [0.5, 0.6) is 0 Å². The van der Waals surface area contributed by atoms with E-state index in [1.54, 1.807) is 11.9 Å². The van der Waals surface area contributed by atoms with Gasteiger partial charge in [0.1, 0.15) is 0 Å². The summed E-state index contributed by atoms with van der Waals surface area (Å²) in [5.41, 5.74) is 0. The molecule has 1 heterocycles. The van der Waals surface area contributed by atoms with Crippen LogP contribution in [0.25, 0.3) is 0 Å². The smallest absolute Gasteiger partial charge is 0.223 e. The van der Waals surface area contributed by atoms with Gasteiger partial charge >= 0.3 is 0 Å². The lowest BCUT2D eigenvalue weighted by Gasteiger charge is -2.30. The Morgan fingerprint density at radius 1 is 1.62 bits per heavy atom. The molecule has 0 radical (unpaired) electrons. The monoisotopic (exact) mass is 226 g/mol. The van der Waals surface area contributed by atoms with E-state index in [0.29, 0.717) is 13.0 Å². The molecule has 0 saturated carbocycles. The van der Waals surface area contributed by atoms with Crippen molar-refractivity contribution in [1.82, 2.24) is 10.2 Å². The Kier molecular flexibility index (Phi) is 4.77. The molecule has 1 aliphatic rings. The van der Waals surface area contributed by atoms with Crippen LogP contribution in [0.15, 0.2) is 0 Å². The highest BCUT2D eigenvalue weighted by atomic mass is 16.2. The molecule has 1 fully saturated rings. The van der Waals surface area contributed by atoms with E-state index in [4.69, 9.17) is 0 Å². The first-order valence-electron chi connectivity index (χ1n) is 6.09. The van der Waals surface area contributed by atoms with Crippen molar-refractivity contribution in [3.63, 3.8) is 0 Å². The van der Waals surface area contributed by atoms with Crippen LogP contribution in [-0.2, 0) is 9.59 Å². The molecule has 16 heavy (non-hydrogen) atoms. The lowest BCUT2D eigenvalue weighted by molar-refractivity contribution is -0.134. The fourth-order valence-corrected chi connectivity index (χ4v) is 2.04. The third-order valence-electron chi connectivity index (χ3n) is 3.14. The topological polar surface area (TPSA) is 49.4 Å². The molecule has 2 amide bonds. The van der Waals surface area contributed by atoms with Gasteiger partial charge in [-0.2, -0.15) is 0 Å². The van der Waals surface area contributed by atoms with Gasteiger partial charge in [0, 0.05) is 32.0 Å². The molecule has 0 aromatic heterocycles. The second-order valence-corrected chi connectivity index (χ2v) is 4.71. The van der Waals surface area contributed by atoms with Gasteiger partial charge in [0.05, 0.1) is 0 Å². The molecule has 0 spiro atoms. The van der Waals surface area contributed by atoms with Crippen molar-refractivity contribution in [1.29, 1.82) is 0 Å². The van der Waals surface area contributed by atoms with Crippen molar-refractivity contribution in [3.8, 4) is 0 Å². The highest BCUT2D eigenvalue weighted by molar-refractivity contribution is 5.80. The first kappa shape index (κ1) is 13.0. The van der Waals surface area contributed by atoms with Gasteiger partial charge < -0.3 is 10.2 Å². The van der Waals surface area contributed by atoms with Crippen molar-refractivity contribution < 1.29 is 9.59 Å². The zero-order valence-corrected chi connectivity index (χ0v) is 10.5. The van der Waals surface area contributed by atoms with Crippen molar-refractivity contribution in [2.24, 2.45) is 5.92 Å². The molecule has 1 rings (SSSR count). The van der Waals surface area contributed by atoms with Gasteiger partial charge in [0.15, 0.2) is 0 Å². The van der Waals surface area contributed by atoms with Gasteiger partial charge in [0.25, 0.3) is 0 Å². The third kappa shape index (κ3) is 3.51. The molecule has 92 valence electrons. The van der Waals surface area contributed by atoms with Gasteiger partial charge in [-0.15, -0.1) is 0 Å². The van der Waals surface area contributed by atoms with Crippen molar-refractivity contribution in [2.75, 3.05) is 13.6 Å². The van der Waals surface area contributed by atoms with Crippen LogP contribution in [-0.4, -0.2) is 36.3 Å². The summed E-state index contributed by atoms with van der Waals surface area (Å²) >= 11 is 0. The fourth-order valence-electron chi connectivity index (χ4n) is 2.04. The summed E-state index contributed by atoms with van der Waals surface area (Å²) in [4.78, 5) is 24.7. The zero-order chi connectivity index (χ0) is 12.1. The molecule has 1 N–H and O–H groups in total. The molecule has 0 bridgehead atoms. The maximum absolute atomic E-state index is 11.8. The average Bonchev–Trinajstić information content (AvgIpc) is 2.24. The molecule has 4 heteroatoms. The Hall–Kier alpha value is -1.06. The minimum Gasteiger partial charge on any atom is -0.351 e. The van der Waals surface area contributed by atoms with Gasteiger partial charge in [-0.25, -0.2) is 0 Å². The number of piperidine rings is 1. The lowest BCUT2D eigenvalue weighted by Crippen LogP contribution is -2.49. The summed E-state index contributed by atoms with van der Waals surface area (Å²) in [6, 6.07) is 0.134. The lowest BCUT2D eigenvalue weighted by atomic mass is 10.0. The zero-order valence-electron chi connectivity index (χ0n) is 10.5. The number of hydrogen-bond acceptors (Lipinski definition) is 2. The van der Waals surface area contributed by atoms with E-state index in [1.807, 2.05) is 6.92 Å². The Balaban J connectivity index is 2.37. The van der Waals surface area contributed by atoms with Gasteiger partial charge in [-0.1, -0.05) is 20.3 Å². The van der Waals surface area contributed by atoms with Crippen molar-refractivity contribution >= 4 is 11.8 Å². The SMILES string of the molecule is CCC[C@@H](C)C(=O)N[C@@H]1CCC(=O)N(C)C1. The van der Waals surface area contributed by atoms with E-state index in [-0.39, 0.29) is 23.8 Å². The van der Waals surface area contributed by atoms with E-state index >= 15 is 0 Å². The molecule has 2 atom stereocenters. The second-order valence-electron chi connectivity index (χ2n) is 4.71. The van der Waals surface area contributed by atoms with Crippen molar-refractivity contribution in [2.45, 2.75) is 45.6 Å². The molecule has 4 nitrogen and oxygen atoms in total. The number of hydrogen-bond donors (Lipinski definition) is 1. The maximum atomic E-state index is 11.8. The normalized spacial score (nSPS) is 23.1. The predicted molar refractivity (Wildman–Crippen MR) is 62.9 cm³/mol. The maximum Gasteiger partial charge on any atom is 0.223 e. The number of likely N-dealkylation sites (tertiary alicyclic amines) is 1. The van der Waals surface area contributed by atoms with Gasteiger partial charge in [0.2, 0.25) is 11.8 Å². The molecule has 0 aliphatic carbocycles. The highest BCUT2D eigenvalue weighted by Crippen LogP contribution is 2.11. The summed E-state index contributed by atoms with van der Waals surface area (Å²) in [6.45, 7) is 4.68. The summed E-state index contributed by atoms with van der Waals surface area (Å²) in [5, 5.41) is 3.02. The van der Waals surface area contributed by atoms with E-state index in [2.05, 4.69) is 12.2 Å². The number of carbonyl (C=O) groups is 2. The standard InChI is InChI=1S/C12H22N2O2/c1-4-5-9(2)12(16)13-10-6-7-11(15)14(3)8-10/h9-10H,4-8H2,1-3H3,(H,13,16)/t9-,10-/m1/s1. The Morgan fingerprint density at radius 3 is 2.88 bits per heavy atom. The largest absolute Gasteiger partial charge is 0.351 e. The first-order chi connectivity index (χ1) is 7.54. The average molecular weight is 226 g/mol. The molecule has 0 aromatic rings. The van der Waals surface area contributed by atoms with E-state index in [9.17, 15) is 9.59 Å². The van der Waals surface area contributed by atoms with E-state index in [1.165, 1.54) is 0 Å². The first-order valence-corrected chi connectivity index (χ1v) is 6.09. The molecule has 0 unspecified atom stereocenters. The Morgan fingerprint density at radius 2 is 2.31 bits per heavy atom. The van der Waals surface area contributed by atoms with Crippen LogP contribution in [0.1, 0.15) is 39.5 Å². The van der Waals surface area contributed by atoms with Crippen LogP contribution in [0, 0.1) is 5.92 Å². The van der Waals surface area contributed by atoms with Crippen molar-refractivity contribution in [3.05, 3.63) is 0 Å². The minimum atomic E-state index is 0.0768. The van der Waals surface area contributed by atoms with Crippen LogP contribution >= 0.6 is 0 Å². The second kappa shape index (κ2) is 5.87. The Labute approximate surface area is 97.4 Å². The highest BCUT2D eigenvalue weighted by Gasteiger charge is 2.25. The Bertz CT molecular complexity index is 266.